The SMILES string of the molecule is CCc1ccc([C@@H](c2cccs2)N2CCNCC2)s1.Cl.Cl. The van der Waals surface area contributed by atoms with E-state index in [9.17, 15) is 0 Å². The first-order valence-corrected chi connectivity index (χ1v) is 8.65. The monoisotopic (exact) mass is 364 g/mol. The number of aryl methyl sites for hydroxylation is 1. The summed E-state index contributed by atoms with van der Waals surface area (Å²) in [4.78, 5) is 7.09. The zero-order chi connectivity index (χ0) is 13.1. The second-order valence-electron chi connectivity index (χ2n) is 4.86. The molecule has 2 aromatic rings. The van der Waals surface area contributed by atoms with Crippen molar-refractivity contribution in [1.29, 1.82) is 0 Å². The lowest BCUT2D eigenvalue weighted by molar-refractivity contribution is 0.203. The van der Waals surface area contributed by atoms with Gasteiger partial charge in [-0.15, -0.1) is 47.5 Å². The molecule has 1 aliphatic rings. The summed E-state index contributed by atoms with van der Waals surface area (Å²) in [6.07, 6.45) is 1.14. The standard InChI is InChI=1S/C15H20N2S2.2ClH/c1-2-12-5-6-14(19-12)15(13-4-3-11-18-13)17-9-7-16-8-10-17;;/h3-6,11,15-16H,2,7-10H2,1H3;2*1H/t15-;;/m1../s1. The minimum Gasteiger partial charge on any atom is -0.314 e. The van der Waals surface area contributed by atoms with Crippen LogP contribution < -0.4 is 5.32 Å². The van der Waals surface area contributed by atoms with E-state index in [4.69, 9.17) is 0 Å². The van der Waals surface area contributed by atoms with E-state index in [2.05, 4.69) is 46.8 Å². The van der Waals surface area contributed by atoms with Crippen molar-refractivity contribution in [2.75, 3.05) is 26.2 Å². The number of halogens is 2. The topological polar surface area (TPSA) is 15.3 Å². The summed E-state index contributed by atoms with van der Waals surface area (Å²) < 4.78 is 0. The van der Waals surface area contributed by atoms with Gasteiger partial charge < -0.3 is 5.32 Å². The fraction of sp³-hybridized carbons (Fsp3) is 0.467. The number of rotatable bonds is 4. The summed E-state index contributed by atoms with van der Waals surface area (Å²) in [5.74, 6) is 0. The van der Waals surface area contributed by atoms with Crippen LogP contribution in [0.4, 0.5) is 0 Å². The zero-order valence-electron chi connectivity index (χ0n) is 12.1. The van der Waals surface area contributed by atoms with Crippen LogP contribution in [-0.2, 0) is 6.42 Å². The Morgan fingerprint density at radius 3 is 2.48 bits per heavy atom. The molecule has 3 rings (SSSR count). The first kappa shape index (κ1) is 18.9. The van der Waals surface area contributed by atoms with E-state index >= 15 is 0 Å². The third kappa shape index (κ3) is 4.44. The van der Waals surface area contributed by atoms with Gasteiger partial charge in [0.2, 0.25) is 0 Å². The molecule has 1 N–H and O–H groups in total. The molecule has 118 valence electrons. The number of nitrogens with one attached hydrogen (secondary N) is 1. The summed E-state index contributed by atoms with van der Waals surface area (Å²) >= 11 is 3.86. The van der Waals surface area contributed by atoms with Crippen molar-refractivity contribution in [1.82, 2.24) is 10.2 Å². The maximum Gasteiger partial charge on any atom is 0.0790 e. The maximum absolute atomic E-state index is 3.45. The van der Waals surface area contributed by atoms with Gasteiger partial charge in [0.15, 0.2) is 0 Å². The highest BCUT2D eigenvalue weighted by atomic mass is 35.5. The molecule has 1 aliphatic heterocycles. The first-order chi connectivity index (χ1) is 9.38. The minimum absolute atomic E-state index is 0. The highest BCUT2D eigenvalue weighted by molar-refractivity contribution is 7.13. The van der Waals surface area contributed by atoms with Crippen molar-refractivity contribution in [3.63, 3.8) is 0 Å². The van der Waals surface area contributed by atoms with E-state index in [0.29, 0.717) is 6.04 Å². The Labute approximate surface area is 147 Å². The van der Waals surface area contributed by atoms with Gasteiger partial charge in [0.1, 0.15) is 0 Å². The molecule has 0 unspecified atom stereocenters. The Kier molecular flexibility index (Phi) is 8.24. The van der Waals surface area contributed by atoms with E-state index in [0.717, 1.165) is 32.6 Å². The molecule has 2 aromatic heterocycles. The van der Waals surface area contributed by atoms with Crippen LogP contribution in [-0.4, -0.2) is 31.1 Å². The second kappa shape index (κ2) is 9.13. The molecular weight excluding hydrogens is 343 g/mol. The summed E-state index contributed by atoms with van der Waals surface area (Å²) in [7, 11) is 0. The quantitative estimate of drug-likeness (QED) is 0.873. The lowest BCUT2D eigenvalue weighted by atomic mass is 10.1. The molecule has 0 radical (unpaired) electrons. The second-order valence-corrected chi connectivity index (χ2v) is 7.04. The number of hydrogen-bond donors (Lipinski definition) is 1. The Morgan fingerprint density at radius 2 is 1.90 bits per heavy atom. The summed E-state index contributed by atoms with van der Waals surface area (Å²) in [5.41, 5.74) is 0. The van der Waals surface area contributed by atoms with Gasteiger partial charge in [0.25, 0.3) is 0 Å². The molecule has 0 aliphatic carbocycles. The molecule has 1 fully saturated rings. The normalized spacial score (nSPS) is 16.8. The maximum atomic E-state index is 3.45. The van der Waals surface area contributed by atoms with Crippen molar-refractivity contribution in [2.24, 2.45) is 0 Å². The summed E-state index contributed by atoms with van der Waals surface area (Å²) in [6.45, 7) is 6.73. The minimum atomic E-state index is 0. The number of hydrogen-bond acceptors (Lipinski definition) is 4. The Hall–Kier alpha value is -0.100. The Bertz CT molecular complexity index is 507. The zero-order valence-corrected chi connectivity index (χ0v) is 15.3. The van der Waals surface area contributed by atoms with Gasteiger partial charge in [0.05, 0.1) is 6.04 Å². The van der Waals surface area contributed by atoms with Crippen molar-refractivity contribution < 1.29 is 0 Å². The fourth-order valence-corrected chi connectivity index (χ4v) is 4.68. The van der Waals surface area contributed by atoms with Crippen LogP contribution in [0.15, 0.2) is 29.6 Å². The molecule has 1 atom stereocenters. The number of nitrogens with zero attached hydrogens (tertiary/aromatic N) is 1. The number of piperazine rings is 1. The predicted octanol–water partition coefficient (Wildman–Crippen LogP) is 4.21. The molecule has 0 amide bonds. The van der Waals surface area contributed by atoms with Gasteiger partial charge in [-0.2, -0.15) is 0 Å². The first-order valence-electron chi connectivity index (χ1n) is 6.95. The third-order valence-electron chi connectivity index (χ3n) is 3.63. The number of thiophene rings is 2. The molecular formula is C15H22Cl2N2S2. The van der Waals surface area contributed by atoms with Crippen LogP contribution in [0.3, 0.4) is 0 Å². The average Bonchev–Trinajstić information content (AvgIpc) is 3.12. The van der Waals surface area contributed by atoms with E-state index in [1.165, 1.54) is 14.6 Å². The molecule has 0 aromatic carbocycles. The van der Waals surface area contributed by atoms with Crippen molar-refractivity contribution >= 4 is 47.5 Å². The molecule has 2 nitrogen and oxygen atoms in total. The van der Waals surface area contributed by atoms with Crippen LogP contribution in [0.25, 0.3) is 0 Å². The van der Waals surface area contributed by atoms with Crippen LogP contribution in [0.1, 0.15) is 27.6 Å². The van der Waals surface area contributed by atoms with Crippen LogP contribution in [0.5, 0.6) is 0 Å². The van der Waals surface area contributed by atoms with E-state index in [1.54, 1.807) is 0 Å². The van der Waals surface area contributed by atoms with Crippen molar-refractivity contribution in [3.05, 3.63) is 44.3 Å². The highest BCUT2D eigenvalue weighted by Gasteiger charge is 2.25. The van der Waals surface area contributed by atoms with Crippen molar-refractivity contribution in [3.8, 4) is 0 Å². The van der Waals surface area contributed by atoms with Crippen LogP contribution in [0.2, 0.25) is 0 Å². The molecule has 0 bridgehead atoms. The van der Waals surface area contributed by atoms with Crippen LogP contribution in [0, 0.1) is 0 Å². The van der Waals surface area contributed by atoms with Gasteiger partial charge in [-0.05, 0) is 30.0 Å². The van der Waals surface area contributed by atoms with E-state index in [1.807, 2.05) is 22.7 Å². The van der Waals surface area contributed by atoms with Crippen LogP contribution >= 0.6 is 47.5 Å². The third-order valence-corrected chi connectivity index (χ3v) is 5.84. The summed E-state index contributed by atoms with van der Waals surface area (Å²) in [6, 6.07) is 9.54. The van der Waals surface area contributed by atoms with Gasteiger partial charge in [0, 0.05) is 40.8 Å². The lowest BCUT2D eigenvalue weighted by Crippen LogP contribution is -2.45. The largest absolute Gasteiger partial charge is 0.314 e. The Morgan fingerprint density at radius 1 is 1.14 bits per heavy atom. The smallest absolute Gasteiger partial charge is 0.0790 e. The molecule has 0 spiro atoms. The molecule has 3 heterocycles. The average molecular weight is 365 g/mol. The lowest BCUT2D eigenvalue weighted by Gasteiger charge is -2.34. The van der Waals surface area contributed by atoms with Crippen molar-refractivity contribution in [2.45, 2.75) is 19.4 Å². The molecule has 6 heteroatoms. The van der Waals surface area contributed by atoms with Gasteiger partial charge in [-0.25, -0.2) is 0 Å². The molecule has 0 saturated carbocycles. The van der Waals surface area contributed by atoms with Gasteiger partial charge in [-0.3, -0.25) is 4.90 Å². The van der Waals surface area contributed by atoms with E-state index in [-0.39, 0.29) is 24.8 Å². The molecule has 21 heavy (non-hydrogen) atoms. The predicted molar refractivity (Wildman–Crippen MR) is 98.8 cm³/mol. The Balaban J connectivity index is 0.00000110. The fourth-order valence-electron chi connectivity index (χ4n) is 2.62. The highest BCUT2D eigenvalue weighted by Crippen LogP contribution is 2.35. The van der Waals surface area contributed by atoms with Gasteiger partial charge >= 0.3 is 0 Å². The van der Waals surface area contributed by atoms with Gasteiger partial charge in [-0.1, -0.05) is 13.0 Å². The summed E-state index contributed by atoms with van der Waals surface area (Å²) in [5, 5.41) is 5.64. The van der Waals surface area contributed by atoms with E-state index < -0.39 is 0 Å². The molecule has 1 saturated heterocycles.